The van der Waals surface area contributed by atoms with Crippen molar-refractivity contribution >= 4 is 21.6 Å². The van der Waals surface area contributed by atoms with Crippen LogP contribution >= 0.6 is 0 Å². The van der Waals surface area contributed by atoms with Crippen LogP contribution in [-0.2, 0) is 19.6 Å². The number of sulfonamides is 1. The summed E-state index contributed by atoms with van der Waals surface area (Å²) < 4.78 is 30.4. The van der Waals surface area contributed by atoms with Crippen molar-refractivity contribution in [3.63, 3.8) is 0 Å². The van der Waals surface area contributed by atoms with Crippen molar-refractivity contribution in [3.05, 3.63) is 29.8 Å². The topological polar surface area (TPSA) is 99.5 Å². The van der Waals surface area contributed by atoms with Crippen LogP contribution in [0.4, 0.5) is 5.69 Å². The Labute approximate surface area is 135 Å². The minimum atomic E-state index is -3.49. The van der Waals surface area contributed by atoms with Gasteiger partial charge in [-0.2, -0.15) is 5.26 Å². The largest absolute Gasteiger partial charge is 0.368 e. The van der Waals surface area contributed by atoms with Crippen LogP contribution in [-0.4, -0.2) is 46.4 Å². The van der Waals surface area contributed by atoms with E-state index in [1.807, 2.05) is 6.07 Å². The maximum atomic E-state index is 11.9. The highest BCUT2D eigenvalue weighted by atomic mass is 32.2. The third kappa shape index (κ3) is 4.68. The normalized spacial score (nSPS) is 17.5. The number of benzene rings is 1. The Bertz CT molecular complexity index is 688. The Balaban J connectivity index is 1.99. The van der Waals surface area contributed by atoms with E-state index in [0.717, 1.165) is 12.7 Å². The van der Waals surface area contributed by atoms with Crippen molar-refractivity contribution in [2.45, 2.75) is 18.9 Å². The van der Waals surface area contributed by atoms with Gasteiger partial charge in [-0.05, 0) is 37.1 Å². The maximum Gasteiger partial charge on any atom is 0.249 e. The minimum absolute atomic E-state index is 0.114. The zero-order valence-corrected chi connectivity index (χ0v) is 13.7. The molecular weight excluding hydrogens is 318 g/mol. The second-order valence-electron chi connectivity index (χ2n) is 5.29. The van der Waals surface area contributed by atoms with Crippen molar-refractivity contribution in [3.8, 4) is 6.07 Å². The second kappa shape index (κ2) is 7.44. The molecule has 0 aliphatic carbocycles. The fraction of sp³-hybridized carbons (Fsp3) is 0.467. The number of carbonyl (C=O) groups is 1. The molecule has 1 aliphatic heterocycles. The minimum Gasteiger partial charge on any atom is -0.368 e. The number of nitrogens with one attached hydrogen (secondary N) is 1. The highest BCUT2D eigenvalue weighted by molar-refractivity contribution is 7.92. The summed E-state index contributed by atoms with van der Waals surface area (Å²) in [7, 11) is -3.49. The monoisotopic (exact) mass is 337 g/mol. The van der Waals surface area contributed by atoms with Crippen LogP contribution in [0.3, 0.4) is 0 Å². The number of hydrogen-bond acceptors (Lipinski definition) is 5. The number of amides is 1. The van der Waals surface area contributed by atoms with Crippen molar-refractivity contribution in [1.82, 2.24) is 5.32 Å². The number of nitrogens with zero attached hydrogens (tertiary/aromatic N) is 2. The molecule has 1 aromatic rings. The van der Waals surface area contributed by atoms with Gasteiger partial charge in [0.05, 0.1) is 30.1 Å². The summed E-state index contributed by atoms with van der Waals surface area (Å²) >= 11 is 0. The predicted molar refractivity (Wildman–Crippen MR) is 85.3 cm³/mol. The van der Waals surface area contributed by atoms with E-state index >= 15 is 0 Å². The number of anilines is 1. The molecule has 1 amide bonds. The molecule has 1 N–H and O–H groups in total. The van der Waals surface area contributed by atoms with E-state index in [4.69, 9.17) is 10.00 Å². The Morgan fingerprint density at radius 2 is 2.13 bits per heavy atom. The number of nitriles is 1. The van der Waals surface area contributed by atoms with Gasteiger partial charge in [-0.25, -0.2) is 8.42 Å². The zero-order valence-electron chi connectivity index (χ0n) is 12.9. The van der Waals surface area contributed by atoms with Gasteiger partial charge in [-0.15, -0.1) is 0 Å². The molecule has 1 fully saturated rings. The lowest BCUT2D eigenvalue weighted by Gasteiger charge is -2.23. The number of rotatable bonds is 6. The Kier molecular flexibility index (Phi) is 5.58. The second-order valence-corrected chi connectivity index (χ2v) is 7.19. The molecule has 1 unspecified atom stereocenters. The molecule has 0 radical (unpaired) electrons. The van der Waals surface area contributed by atoms with E-state index in [-0.39, 0.29) is 19.0 Å². The van der Waals surface area contributed by atoms with E-state index in [9.17, 15) is 13.2 Å². The average molecular weight is 337 g/mol. The molecule has 1 heterocycles. The Morgan fingerprint density at radius 3 is 2.65 bits per heavy atom. The van der Waals surface area contributed by atoms with Crippen LogP contribution in [0.15, 0.2) is 24.3 Å². The first kappa shape index (κ1) is 17.2. The van der Waals surface area contributed by atoms with Gasteiger partial charge >= 0.3 is 0 Å². The van der Waals surface area contributed by atoms with E-state index in [1.54, 1.807) is 24.3 Å². The molecule has 124 valence electrons. The van der Waals surface area contributed by atoms with Gasteiger partial charge in [-0.1, -0.05) is 0 Å². The van der Waals surface area contributed by atoms with Crippen molar-refractivity contribution < 1.29 is 17.9 Å². The molecule has 1 aliphatic rings. The quantitative estimate of drug-likeness (QED) is 0.820. The van der Waals surface area contributed by atoms with Crippen LogP contribution in [0.1, 0.15) is 18.4 Å². The molecule has 0 aromatic heterocycles. The first-order valence-corrected chi connectivity index (χ1v) is 9.14. The zero-order chi connectivity index (χ0) is 16.9. The van der Waals surface area contributed by atoms with Crippen LogP contribution in [0.25, 0.3) is 0 Å². The van der Waals surface area contributed by atoms with E-state index < -0.39 is 16.1 Å². The highest BCUT2D eigenvalue weighted by Crippen LogP contribution is 2.18. The summed E-state index contributed by atoms with van der Waals surface area (Å²) in [4.78, 5) is 11.9. The first-order chi connectivity index (χ1) is 10.9. The molecule has 7 nitrogen and oxygen atoms in total. The Morgan fingerprint density at radius 1 is 1.43 bits per heavy atom. The molecule has 2 rings (SSSR count). The van der Waals surface area contributed by atoms with Gasteiger partial charge in [-0.3, -0.25) is 9.10 Å². The van der Waals surface area contributed by atoms with Crippen LogP contribution in [0, 0.1) is 11.3 Å². The Hall–Kier alpha value is -2.11. The average Bonchev–Trinajstić information content (AvgIpc) is 3.05. The number of hydrogen-bond donors (Lipinski definition) is 1. The lowest BCUT2D eigenvalue weighted by Crippen LogP contribution is -2.41. The molecule has 0 saturated carbocycles. The van der Waals surface area contributed by atoms with Crippen LogP contribution in [0.5, 0.6) is 0 Å². The summed E-state index contributed by atoms with van der Waals surface area (Å²) in [6.45, 7) is 0.883. The van der Waals surface area contributed by atoms with Crippen molar-refractivity contribution in [2.75, 3.05) is 30.3 Å². The summed E-state index contributed by atoms with van der Waals surface area (Å²) in [6, 6.07) is 8.23. The van der Waals surface area contributed by atoms with E-state index in [2.05, 4.69) is 5.32 Å². The van der Waals surface area contributed by atoms with Crippen molar-refractivity contribution in [2.24, 2.45) is 0 Å². The molecule has 1 saturated heterocycles. The van der Waals surface area contributed by atoms with Gasteiger partial charge in [0.15, 0.2) is 0 Å². The molecule has 1 aromatic carbocycles. The highest BCUT2D eigenvalue weighted by Gasteiger charge is 2.24. The molecular formula is C15H19N3O4S. The van der Waals surface area contributed by atoms with Gasteiger partial charge in [0.2, 0.25) is 15.9 Å². The third-order valence-corrected chi connectivity index (χ3v) is 4.72. The molecule has 1 atom stereocenters. The first-order valence-electron chi connectivity index (χ1n) is 7.29. The molecule has 23 heavy (non-hydrogen) atoms. The predicted octanol–water partition coefficient (Wildman–Crippen LogP) is 0.619. The maximum absolute atomic E-state index is 11.9. The van der Waals surface area contributed by atoms with Gasteiger partial charge in [0, 0.05) is 13.2 Å². The summed E-state index contributed by atoms with van der Waals surface area (Å²) in [5.74, 6) is -0.212. The van der Waals surface area contributed by atoms with Gasteiger partial charge in [0.1, 0.15) is 6.10 Å². The summed E-state index contributed by atoms with van der Waals surface area (Å²) in [5.41, 5.74) is 0.909. The summed E-state index contributed by atoms with van der Waals surface area (Å²) in [6.07, 6.45) is 2.22. The fourth-order valence-corrected chi connectivity index (χ4v) is 3.30. The van der Waals surface area contributed by atoms with Crippen LogP contribution in [0.2, 0.25) is 0 Å². The summed E-state index contributed by atoms with van der Waals surface area (Å²) in [5, 5.41) is 11.5. The van der Waals surface area contributed by atoms with Crippen LogP contribution < -0.4 is 9.62 Å². The fourth-order valence-electron chi connectivity index (χ4n) is 2.37. The number of carbonyl (C=O) groups excluding carboxylic acids is 1. The molecule has 8 heteroatoms. The molecule has 0 bridgehead atoms. The van der Waals surface area contributed by atoms with E-state index in [0.29, 0.717) is 24.3 Å². The lowest BCUT2D eigenvalue weighted by atomic mass is 10.2. The number of ether oxygens (including phenoxy) is 1. The van der Waals surface area contributed by atoms with Gasteiger partial charge in [0.25, 0.3) is 0 Å². The standard InChI is InChI=1S/C15H19N3O4S/c1-23(20,21)18(13-6-4-12(11-16)5-7-13)9-8-17-15(19)14-3-2-10-22-14/h4-7,14H,2-3,8-10H2,1H3,(H,17,19). The van der Waals surface area contributed by atoms with Crippen molar-refractivity contribution in [1.29, 1.82) is 5.26 Å². The molecule has 0 spiro atoms. The smallest absolute Gasteiger partial charge is 0.249 e. The third-order valence-electron chi connectivity index (χ3n) is 3.52. The SMILES string of the molecule is CS(=O)(=O)N(CCNC(=O)C1CCCO1)c1ccc(C#N)cc1. The lowest BCUT2D eigenvalue weighted by molar-refractivity contribution is -0.129. The van der Waals surface area contributed by atoms with Gasteiger partial charge < -0.3 is 10.1 Å². The van der Waals surface area contributed by atoms with E-state index in [1.165, 1.54) is 4.31 Å².